The number of anilines is 1. The van der Waals surface area contributed by atoms with Crippen LogP contribution in [0.1, 0.15) is 63.0 Å². The maximum absolute atomic E-state index is 13.6. The van der Waals surface area contributed by atoms with Crippen molar-refractivity contribution >= 4 is 11.6 Å². The molecule has 1 aromatic carbocycles. The summed E-state index contributed by atoms with van der Waals surface area (Å²) in [6, 6.07) is 3.01. The molecule has 1 amide bonds. The Morgan fingerprint density at radius 3 is 2.04 bits per heavy atom. The first-order chi connectivity index (χ1) is 11.9. The van der Waals surface area contributed by atoms with Crippen LogP contribution in [0.25, 0.3) is 0 Å². The average molecular weight is 436 g/mol. The zero-order valence-electron chi connectivity index (χ0n) is 16.5. The van der Waals surface area contributed by atoms with Gasteiger partial charge in [-0.2, -0.15) is 0 Å². The van der Waals surface area contributed by atoms with E-state index >= 15 is 0 Å². The van der Waals surface area contributed by atoms with Gasteiger partial charge in [-0.25, -0.2) is 4.39 Å². The number of nitrogens with zero attached hydrogens (tertiary/aromatic N) is 1. The number of amides is 1. The first-order valence-electron chi connectivity index (χ1n) is 9.88. The summed E-state index contributed by atoms with van der Waals surface area (Å²) in [7, 11) is 0. The Kier molecular flexibility index (Phi) is 7.43. The number of aryl methyl sites for hydroxylation is 2. The summed E-state index contributed by atoms with van der Waals surface area (Å²) in [6.07, 6.45) is 8.10. The van der Waals surface area contributed by atoms with Crippen molar-refractivity contribution in [1.82, 2.24) is 0 Å². The van der Waals surface area contributed by atoms with E-state index in [1.54, 1.807) is 0 Å². The number of rotatable bonds is 4. The maximum Gasteiger partial charge on any atom is 0.285 e. The van der Waals surface area contributed by atoms with Crippen LogP contribution < -0.4 is 5.32 Å². The molecule has 2 fully saturated rings. The second kappa shape index (κ2) is 8.79. The van der Waals surface area contributed by atoms with Crippen LogP contribution in [0.4, 0.5) is 10.1 Å². The molecule has 1 aliphatic carbocycles. The minimum Gasteiger partial charge on any atom is -0.320 e. The Balaban J connectivity index is 0.00000243. The zero-order valence-corrected chi connectivity index (χ0v) is 19.4. The van der Waals surface area contributed by atoms with E-state index < -0.39 is 0 Å². The Morgan fingerprint density at radius 1 is 1.08 bits per heavy atom. The molecule has 0 unspecified atom stereocenters. The van der Waals surface area contributed by atoms with E-state index in [-0.39, 0.29) is 50.0 Å². The van der Waals surface area contributed by atoms with Gasteiger partial charge in [0, 0.05) is 51.2 Å². The predicted octanol–water partition coefficient (Wildman–Crippen LogP) is 4.71. The number of likely N-dealkylation sites (N-methyl/N-ethyl adjacent to an activating group) is 1. The molecule has 1 saturated heterocycles. The maximum atomic E-state index is 13.6. The van der Waals surface area contributed by atoms with Crippen molar-refractivity contribution in [2.24, 2.45) is 0 Å². The summed E-state index contributed by atoms with van der Waals surface area (Å²) in [5.74, 6) is -0.0868. The van der Waals surface area contributed by atoms with Gasteiger partial charge in [0.1, 0.15) is 5.82 Å². The van der Waals surface area contributed by atoms with Gasteiger partial charge < -0.3 is 9.80 Å². The van der Waals surface area contributed by atoms with Crippen LogP contribution in [0, 0.1) is 19.7 Å². The smallest absolute Gasteiger partial charge is 0.285 e. The Bertz CT molecular complexity index is 626. The zero-order chi connectivity index (χ0) is 18.1. The van der Waals surface area contributed by atoms with Gasteiger partial charge in [0.15, 0.2) is 5.54 Å². The summed E-state index contributed by atoms with van der Waals surface area (Å²) in [6.45, 7) is 9.24. The van der Waals surface area contributed by atoms with Crippen molar-refractivity contribution in [2.75, 3.05) is 25.0 Å². The molecule has 1 aromatic rings. The number of quaternary nitrogens is 1. The number of hydrogen-bond acceptors (Lipinski definition) is 1. The minimum atomic E-state index is -0.285. The van der Waals surface area contributed by atoms with Crippen LogP contribution in [0.15, 0.2) is 12.1 Å². The summed E-state index contributed by atoms with van der Waals surface area (Å²) in [4.78, 5) is 13.5. The molecular weight excluding hydrogens is 404 g/mol. The Morgan fingerprint density at radius 2 is 1.62 bits per heavy atom. The molecule has 141 valence electrons. The molecule has 1 saturated carbocycles. The van der Waals surface area contributed by atoms with E-state index in [0.717, 1.165) is 60.2 Å². The second-order valence-corrected chi connectivity index (χ2v) is 8.08. The third-order valence-electron chi connectivity index (χ3n) is 6.77. The minimum absolute atomic E-state index is 0. The van der Waals surface area contributed by atoms with E-state index in [1.807, 2.05) is 13.8 Å². The van der Waals surface area contributed by atoms with Gasteiger partial charge in [0.05, 0.1) is 19.6 Å². The van der Waals surface area contributed by atoms with E-state index in [1.165, 1.54) is 37.8 Å². The number of hydrogen-bond donors (Lipinski definition) is 1. The molecule has 0 bridgehead atoms. The van der Waals surface area contributed by atoms with Gasteiger partial charge in [0.2, 0.25) is 0 Å². The Hall–Kier alpha value is -0.316. The molecule has 1 aliphatic heterocycles. The van der Waals surface area contributed by atoms with Crippen LogP contribution in [0.2, 0.25) is 0 Å². The fourth-order valence-corrected chi connectivity index (χ4v) is 5.11. The van der Waals surface area contributed by atoms with E-state index in [4.69, 9.17) is 0 Å². The van der Waals surface area contributed by atoms with Crippen LogP contribution in [0.5, 0.6) is 0 Å². The van der Waals surface area contributed by atoms with Crippen molar-refractivity contribution in [3.05, 3.63) is 29.1 Å². The summed E-state index contributed by atoms with van der Waals surface area (Å²) >= 11 is 0. The average Bonchev–Trinajstić information content (AvgIpc) is 2.76. The second-order valence-electron chi connectivity index (χ2n) is 8.08. The van der Waals surface area contributed by atoms with Gasteiger partial charge in [-0.1, -0.05) is 0 Å². The van der Waals surface area contributed by atoms with Gasteiger partial charge in [-0.05, 0) is 76.1 Å². The molecule has 0 aromatic heterocycles. The fraction of sp³-hybridized carbons (Fsp3) is 0.667. The summed E-state index contributed by atoms with van der Waals surface area (Å²) in [5.41, 5.74) is 2.12. The number of carbonyl (C=O) groups is 1. The molecule has 3 nitrogen and oxygen atoms in total. The largest absolute Gasteiger partial charge is 0.320 e. The topological polar surface area (TPSA) is 29.1 Å². The number of likely N-dealkylation sites (tertiary alicyclic amines) is 1. The molecule has 1 N–H and O–H groups in total. The summed E-state index contributed by atoms with van der Waals surface area (Å²) < 4.78 is 14.5. The number of benzene rings is 1. The molecule has 2 aliphatic rings. The van der Waals surface area contributed by atoms with Crippen LogP contribution in [-0.4, -0.2) is 35.6 Å². The van der Waals surface area contributed by atoms with Crippen molar-refractivity contribution in [2.45, 2.75) is 71.3 Å². The third-order valence-corrected chi connectivity index (χ3v) is 6.77. The van der Waals surface area contributed by atoms with Crippen molar-refractivity contribution < 1.29 is 46.4 Å². The SMILES string of the molecule is CC[N+]1(C2(C(=O)Nc3c(C)cc(F)cc3C)CCC2)CCCCCC1.[Y]. The van der Waals surface area contributed by atoms with Gasteiger partial charge in [-0.3, -0.25) is 4.79 Å². The van der Waals surface area contributed by atoms with E-state index in [9.17, 15) is 9.18 Å². The third kappa shape index (κ3) is 3.79. The molecular formula is C21H32FN2OY+. The quantitative estimate of drug-likeness (QED) is 0.681. The molecule has 5 heteroatoms. The molecule has 1 radical (unpaired) electrons. The molecule has 0 spiro atoms. The fourth-order valence-electron chi connectivity index (χ4n) is 5.11. The first-order valence-corrected chi connectivity index (χ1v) is 9.88. The number of halogens is 1. The number of nitrogens with one attached hydrogen (secondary N) is 1. The van der Waals surface area contributed by atoms with Crippen molar-refractivity contribution in [1.29, 1.82) is 0 Å². The van der Waals surface area contributed by atoms with Gasteiger partial charge >= 0.3 is 0 Å². The van der Waals surface area contributed by atoms with Crippen LogP contribution >= 0.6 is 0 Å². The normalized spacial score (nSPS) is 21.1. The van der Waals surface area contributed by atoms with Gasteiger partial charge in [-0.15, -0.1) is 0 Å². The Labute approximate surface area is 182 Å². The summed E-state index contributed by atoms with van der Waals surface area (Å²) in [5, 5.41) is 3.20. The molecule has 26 heavy (non-hydrogen) atoms. The number of carbonyl (C=O) groups excluding carboxylic acids is 1. The molecule has 1 heterocycles. The van der Waals surface area contributed by atoms with E-state index in [2.05, 4.69) is 12.2 Å². The van der Waals surface area contributed by atoms with Crippen LogP contribution in [0.3, 0.4) is 0 Å². The van der Waals surface area contributed by atoms with Crippen molar-refractivity contribution in [3.63, 3.8) is 0 Å². The monoisotopic (exact) mass is 436 g/mol. The standard InChI is InChI=1S/C21H31FN2O.Y/c1-4-24(12-7-5-6-8-13-24)21(10-9-11-21)20(25)23-19-16(2)14-18(22)15-17(19)3;/h14-15H,4-13H2,1-3H3;/p+1. The molecule has 0 atom stereocenters. The van der Waals surface area contributed by atoms with Crippen molar-refractivity contribution in [3.8, 4) is 0 Å². The predicted molar refractivity (Wildman–Crippen MR) is 100 cm³/mol. The van der Waals surface area contributed by atoms with E-state index in [0.29, 0.717) is 0 Å². The van der Waals surface area contributed by atoms with Crippen LogP contribution in [-0.2, 0) is 37.5 Å². The first kappa shape index (κ1) is 22.0. The molecule has 3 rings (SSSR count). The van der Waals surface area contributed by atoms with Gasteiger partial charge in [0.25, 0.3) is 5.91 Å².